The van der Waals surface area contributed by atoms with Gasteiger partial charge in [0.15, 0.2) is 0 Å². The molecule has 7 nitrogen and oxygen atoms in total. The number of hydrogen-bond acceptors (Lipinski definition) is 6. The summed E-state index contributed by atoms with van der Waals surface area (Å²) in [6.07, 6.45) is 0.777. The van der Waals surface area contributed by atoms with Gasteiger partial charge in [0.1, 0.15) is 23.3 Å². The maximum absolute atomic E-state index is 10.9. The van der Waals surface area contributed by atoms with Crippen LogP contribution in [-0.2, 0) is 0 Å². The highest BCUT2D eigenvalue weighted by molar-refractivity contribution is 5.81. The summed E-state index contributed by atoms with van der Waals surface area (Å²) in [5, 5.41) is 38.3. The van der Waals surface area contributed by atoms with Crippen LogP contribution in [0, 0.1) is 22.8 Å². The van der Waals surface area contributed by atoms with Crippen LogP contribution in [0.3, 0.4) is 0 Å². The van der Waals surface area contributed by atoms with E-state index in [9.17, 15) is 10.2 Å². The predicted octanol–water partition coefficient (Wildman–Crippen LogP) is 1.33. The van der Waals surface area contributed by atoms with Crippen molar-refractivity contribution >= 4 is 5.84 Å². The minimum Gasteiger partial charge on any atom is -0.485 e. The third-order valence-corrected chi connectivity index (χ3v) is 4.15. The number of nitriles is 2. The molecule has 2 atom stereocenters. The largest absolute Gasteiger partial charge is 0.485 e. The van der Waals surface area contributed by atoms with Gasteiger partial charge in [-0.2, -0.15) is 15.5 Å². The zero-order valence-corrected chi connectivity index (χ0v) is 13.9. The number of nitrogens with zero attached hydrogens (tertiary/aromatic N) is 4. The van der Waals surface area contributed by atoms with Crippen LogP contribution in [0.25, 0.3) is 0 Å². The molecule has 126 valence electrons. The Morgan fingerprint density at radius 1 is 1.42 bits per heavy atom. The zero-order valence-electron chi connectivity index (χ0n) is 13.9. The second kappa shape index (κ2) is 6.88. The van der Waals surface area contributed by atoms with Crippen LogP contribution >= 0.6 is 0 Å². The second-order valence-corrected chi connectivity index (χ2v) is 6.14. The normalized spacial score (nSPS) is 21.9. The summed E-state index contributed by atoms with van der Waals surface area (Å²) >= 11 is 0. The van der Waals surface area contributed by atoms with Crippen molar-refractivity contribution in [3.63, 3.8) is 0 Å². The van der Waals surface area contributed by atoms with E-state index >= 15 is 0 Å². The molecule has 1 aromatic rings. The molecule has 0 fully saturated rings. The molecule has 2 N–H and O–H groups in total. The molecule has 7 heteroatoms. The third-order valence-electron chi connectivity index (χ3n) is 4.15. The Morgan fingerprint density at radius 2 is 2.12 bits per heavy atom. The van der Waals surface area contributed by atoms with Crippen LogP contribution in [0.15, 0.2) is 23.2 Å². The Bertz CT molecular complexity index is 730. The van der Waals surface area contributed by atoms with E-state index in [0.717, 1.165) is 0 Å². The molecule has 0 saturated carbocycles. The third kappa shape index (κ3) is 3.18. The number of rotatable bonds is 3. The van der Waals surface area contributed by atoms with Crippen LogP contribution < -0.4 is 4.74 Å². The van der Waals surface area contributed by atoms with Crippen LogP contribution in [0.4, 0.5) is 0 Å². The van der Waals surface area contributed by atoms with Gasteiger partial charge < -0.3 is 19.8 Å². The highest BCUT2D eigenvalue weighted by Crippen LogP contribution is 2.43. The summed E-state index contributed by atoms with van der Waals surface area (Å²) in [4.78, 5) is 5.40. The van der Waals surface area contributed by atoms with Gasteiger partial charge in [0.2, 0.25) is 6.19 Å². The molecule has 0 aliphatic carbocycles. The Hall–Kier alpha value is -2.61. The predicted molar refractivity (Wildman–Crippen MR) is 87.1 cm³/mol. The van der Waals surface area contributed by atoms with Gasteiger partial charge >= 0.3 is 0 Å². The average Bonchev–Trinajstić information content (AvgIpc) is 2.54. The zero-order chi connectivity index (χ0) is 17.9. The first-order valence-electron chi connectivity index (χ1n) is 7.57. The quantitative estimate of drug-likeness (QED) is 0.491. The minimum atomic E-state index is -0.950. The maximum atomic E-state index is 10.9. The van der Waals surface area contributed by atoms with Gasteiger partial charge in [0.25, 0.3) is 0 Å². The number of aliphatic imine (C=N–C) groups is 1. The number of fused-ring (bicyclic) bond motifs is 1. The summed E-state index contributed by atoms with van der Waals surface area (Å²) in [5.41, 5.74) is 0.182. The standard InChI is InChI=1S/C17H20N4O3/c1-11(20-10-19)21(6-7-22)15-13-8-12(9-18)4-5-14(13)24-17(2,3)16(15)23/h4-5,8,15-16,22-23H,6-7H2,1-3H3/t15-,16+/m0/s1. The molecule has 0 unspecified atom stereocenters. The van der Waals surface area contributed by atoms with Crippen LogP contribution in [0.5, 0.6) is 5.75 Å². The van der Waals surface area contributed by atoms with Crippen molar-refractivity contribution in [3.05, 3.63) is 29.3 Å². The van der Waals surface area contributed by atoms with Crippen molar-refractivity contribution in [2.75, 3.05) is 13.2 Å². The topological polar surface area (TPSA) is 113 Å². The first-order valence-corrected chi connectivity index (χ1v) is 7.57. The molecular weight excluding hydrogens is 308 g/mol. The molecule has 0 saturated heterocycles. The SMILES string of the molecule is CC(=NC#N)N(CCO)[C@H]1c2cc(C#N)ccc2OC(C)(C)[C@@H]1O. The van der Waals surface area contributed by atoms with E-state index in [4.69, 9.17) is 15.3 Å². The molecule has 0 radical (unpaired) electrons. The molecule has 0 spiro atoms. The fraction of sp³-hybridized carbons (Fsp3) is 0.471. The van der Waals surface area contributed by atoms with E-state index in [0.29, 0.717) is 22.7 Å². The molecule has 2 rings (SSSR count). The molecule has 0 amide bonds. The number of aliphatic hydroxyl groups excluding tert-OH is 2. The van der Waals surface area contributed by atoms with E-state index < -0.39 is 17.7 Å². The lowest BCUT2D eigenvalue weighted by Crippen LogP contribution is -2.55. The monoisotopic (exact) mass is 328 g/mol. The number of benzene rings is 1. The molecule has 1 aliphatic heterocycles. The van der Waals surface area contributed by atoms with Gasteiger partial charge in [-0.25, -0.2) is 0 Å². The van der Waals surface area contributed by atoms with Crippen molar-refractivity contribution in [2.45, 2.75) is 38.5 Å². The molecule has 0 aromatic heterocycles. The number of ether oxygens (including phenoxy) is 1. The number of aliphatic hydroxyl groups is 2. The minimum absolute atomic E-state index is 0.171. The number of amidine groups is 1. The lowest BCUT2D eigenvalue weighted by molar-refractivity contribution is -0.0827. The maximum Gasteiger partial charge on any atom is 0.207 e. The highest BCUT2D eigenvalue weighted by Gasteiger charge is 2.45. The first kappa shape index (κ1) is 17.7. The summed E-state index contributed by atoms with van der Waals surface area (Å²) in [5.74, 6) is 0.934. The van der Waals surface area contributed by atoms with Gasteiger partial charge in [0, 0.05) is 12.1 Å². The van der Waals surface area contributed by atoms with Gasteiger partial charge in [-0.1, -0.05) is 0 Å². The second-order valence-electron chi connectivity index (χ2n) is 6.14. The van der Waals surface area contributed by atoms with Crippen molar-refractivity contribution in [1.82, 2.24) is 4.90 Å². The van der Waals surface area contributed by atoms with Crippen molar-refractivity contribution < 1.29 is 14.9 Å². The summed E-state index contributed by atoms with van der Waals surface area (Å²) in [6.45, 7) is 5.18. The van der Waals surface area contributed by atoms with E-state index in [-0.39, 0.29) is 13.2 Å². The van der Waals surface area contributed by atoms with Gasteiger partial charge in [0.05, 0.1) is 24.3 Å². The van der Waals surface area contributed by atoms with Crippen LogP contribution in [0.2, 0.25) is 0 Å². The van der Waals surface area contributed by atoms with Crippen LogP contribution in [-0.4, -0.2) is 45.8 Å². The van der Waals surface area contributed by atoms with Crippen molar-refractivity contribution in [1.29, 1.82) is 10.5 Å². The van der Waals surface area contributed by atoms with Crippen LogP contribution in [0.1, 0.15) is 37.9 Å². The molecule has 1 heterocycles. The molecular formula is C17H20N4O3. The Kier molecular flexibility index (Phi) is 5.08. The van der Waals surface area contributed by atoms with E-state index in [1.807, 2.05) is 0 Å². The smallest absolute Gasteiger partial charge is 0.207 e. The van der Waals surface area contributed by atoms with Crippen molar-refractivity contribution in [3.8, 4) is 18.0 Å². The lowest BCUT2D eigenvalue weighted by Gasteiger charge is -2.46. The lowest BCUT2D eigenvalue weighted by atomic mass is 9.85. The van der Waals surface area contributed by atoms with E-state index in [1.165, 1.54) is 0 Å². The Balaban J connectivity index is 2.63. The molecule has 1 aromatic carbocycles. The summed E-state index contributed by atoms with van der Waals surface area (Å²) in [6, 6.07) is 6.48. The van der Waals surface area contributed by atoms with Crippen molar-refractivity contribution in [2.24, 2.45) is 4.99 Å². The number of hydrogen-bond donors (Lipinski definition) is 2. The highest BCUT2D eigenvalue weighted by atomic mass is 16.5. The molecule has 24 heavy (non-hydrogen) atoms. The summed E-state index contributed by atoms with van der Waals surface area (Å²) < 4.78 is 5.88. The fourth-order valence-electron chi connectivity index (χ4n) is 2.92. The molecule has 0 bridgehead atoms. The first-order chi connectivity index (χ1) is 11.4. The van der Waals surface area contributed by atoms with Gasteiger partial charge in [-0.3, -0.25) is 0 Å². The summed E-state index contributed by atoms with van der Waals surface area (Å²) in [7, 11) is 0. The fourth-order valence-corrected chi connectivity index (χ4v) is 2.92. The Morgan fingerprint density at radius 3 is 2.71 bits per heavy atom. The van der Waals surface area contributed by atoms with Gasteiger partial charge in [-0.05, 0) is 39.0 Å². The van der Waals surface area contributed by atoms with E-state index in [2.05, 4.69) is 11.1 Å². The molecule has 1 aliphatic rings. The van der Waals surface area contributed by atoms with E-state index in [1.54, 1.807) is 50.1 Å². The Labute approximate surface area is 141 Å². The average molecular weight is 328 g/mol. The van der Waals surface area contributed by atoms with Gasteiger partial charge in [-0.15, -0.1) is 0 Å².